The molecule has 2 bridgehead atoms. The van der Waals surface area contributed by atoms with E-state index in [0.29, 0.717) is 6.54 Å². The zero-order valence-corrected chi connectivity index (χ0v) is 17.8. The first-order valence-corrected chi connectivity index (χ1v) is 10.8. The van der Waals surface area contributed by atoms with Crippen LogP contribution in [0.4, 0.5) is 8.78 Å². The molecule has 0 spiro atoms. The highest BCUT2D eigenvalue weighted by molar-refractivity contribution is 5.83. The van der Waals surface area contributed by atoms with Gasteiger partial charge in [0.1, 0.15) is 11.4 Å². The van der Waals surface area contributed by atoms with Crippen LogP contribution in [-0.2, 0) is 4.79 Å². The summed E-state index contributed by atoms with van der Waals surface area (Å²) in [5, 5.41) is -0.556. The number of nitrogens with zero attached hydrogens (tertiary/aromatic N) is 2. The van der Waals surface area contributed by atoms with Crippen LogP contribution in [0.3, 0.4) is 0 Å². The highest BCUT2D eigenvalue weighted by Crippen LogP contribution is 2.50. The molecule has 2 unspecified atom stereocenters. The van der Waals surface area contributed by atoms with Gasteiger partial charge in [-0.25, -0.2) is 18.1 Å². The number of fused-ring (bicyclic) bond motifs is 6. The number of aromatic nitrogens is 2. The van der Waals surface area contributed by atoms with Crippen LogP contribution >= 0.6 is 0 Å². The van der Waals surface area contributed by atoms with E-state index in [1.165, 1.54) is 5.56 Å². The van der Waals surface area contributed by atoms with Crippen LogP contribution in [-0.4, -0.2) is 26.9 Å². The summed E-state index contributed by atoms with van der Waals surface area (Å²) in [6.07, 6.45) is 1.03. The summed E-state index contributed by atoms with van der Waals surface area (Å²) in [5.74, 6) is -2.66. The maximum atomic E-state index is 14.5. The number of aromatic amines is 1. The number of hydrogen-bond donors (Lipinski definition) is 1. The molecule has 1 fully saturated rings. The molecule has 8 heteroatoms. The third-order valence-corrected chi connectivity index (χ3v) is 6.66. The van der Waals surface area contributed by atoms with Gasteiger partial charge in [0, 0.05) is 12.5 Å². The Balaban J connectivity index is 1.62. The largest absolute Gasteiger partial charge is 0.333 e. The Kier molecular flexibility index (Phi) is 4.76. The number of carbonyl (C=O) groups excluding carboxylic acids is 1. The number of hydrogen-bond acceptors (Lipinski definition) is 3. The minimum Gasteiger partial charge on any atom is -0.333 e. The van der Waals surface area contributed by atoms with E-state index in [1.54, 1.807) is 4.90 Å². The quantitative estimate of drug-likeness (QED) is 0.675. The van der Waals surface area contributed by atoms with E-state index in [0.717, 1.165) is 28.7 Å². The lowest BCUT2D eigenvalue weighted by Crippen LogP contribution is -2.47. The third-order valence-electron chi connectivity index (χ3n) is 6.66. The second-order valence-corrected chi connectivity index (χ2v) is 9.10. The van der Waals surface area contributed by atoms with Gasteiger partial charge in [-0.15, -0.1) is 0 Å². The molecule has 0 saturated carbocycles. The molecule has 1 aliphatic carbocycles. The van der Waals surface area contributed by atoms with Gasteiger partial charge in [-0.1, -0.05) is 38.1 Å². The van der Waals surface area contributed by atoms with E-state index in [-0.39, 0.29) is 35.7 Å². The zero-order chi connectivity index (χ0) is 22.7. The van der Waals surface area contributed by atoms with Gasteiger partial charge in [0.2, 0.25) is 5.91 Å². The van der Waals surface area contributed by atoms with Gasteiger partial charge in [-0.05, 0) is 42.0 Å². The summed E-state index contributed by atoms with van der Waals surface area (Å²) >= 11 is 0. The Hall–Kier alpha value is -3.29. The maximum absolute atomic E-state index is 14.5. The Morgan fingerprint density at radius 2 is 1.84 bits per heavy atom. The number of likely N-dealkylation sites (tertiary alicyclic amines) is 1. The summed E-state index contributed by atoms with van der Waals surface area (Å²) in [4.78, 5) is 44.0. The maximum Gasteiger partial charge on any atom is 0.329 e. The van der Waals surface area contributed by atoms with Crippen LogP contribution in [0.15, 0.2) is 46.0 Å². The number of H-pyrrole nitrogens is 1. The fourth-order valence-corrected chi connectivity index (χ4v) is 5.28. The standard InChI is InChI=1S/C24H23F2N3O3/c1-12(2)9-19(22(30)28-11-13-10-18(28)15-6-4-3-5-14(13)15)29-23(31)20-17(27-24(29)32)8-7-16(25)21(20)26/h3-8,12-13,18-19H,9-11H2,1-2H3,(H,27,32)/t13?,18?,19-/m1/s1. The molecular formula is C24H23F2N3O3. The van der Waals surface area contributed by atoms with Crippen LogP contribution in [0, 0.1) is 17.6 Å². The SMILES string of the molecule is CC(C)C[C@H](C(=O)N1CC2CC1c1ccccc12)n1c(=O)[nH]c2ccc(F)c(F)c2c1=O. The van der Waals surface area contributed by atoms with Crippen molar-refractivity contribution in [3.05, 3.63) is 80.0 Å². The summed E-state index contributed by atoms with van der Waals surface area (Å²) in [5.41, 5.74) is 0.426. The van der Waals surface area contributed by atoms with Gasteiger partial charge in [0.05, 0.1) is 11.6 Å². The van der Waals surface area contributed by atoms with Crippen molar-refractivity contribution in [3.8, 4) is 0 Å². The number of amides is 1. The summed E-state index contributed by atoms with van der Waals surface area (Å²) in [6, 6.07) is 8.78. The van der Waals surface area contributed by atoms with Gasteiger partial charge in [-0.3, -0.25) is 9.59 Å². The summed E-state index contributed by atoms with van der Waals surface area (Å²) < 4.78 is 29.1. The number of carbonyl (C=O) groups is 1. The van der Waals surface area contributed by atoms with E-state index in [2.05, 4.69) is 11.1 Å². The van der Waals surface area contributed by atoms with E-state index >= 15 is 0 Å². The van der Waals surface area contributed by atoms with Crippen LogP contribution in [0.25, 0.3) is 10.9 Å². The van der Waals surface area contributed by atoms with Crippen molar-refractivity contribution in [3.63, 3.8) is 0 Å². The van der Waals surface area contributed by atoms with Gasteiger partial charge >= 0.3 is 5.69 Å². The molecule has 5 rings (SSSR count). The Morgan fingerprint density at radius 1 is 1.12 bits per heavy atom. The first kappa shape index (κ1) is 20.6. The van der Waals surface area contributed by atoms with Gasteiger partial charge in [0.15, 0.2) is 11.6 Å². The lowest BCUT2D eigenvalue weighted by atomic mass is 9.97. The molecule has 2 heterocycles. The molecule has 166 valence electrons. The topological polar surface area (TPSA) is 75.2 Å². The summed E-state index contributed by atoms with van der Waals surface area (Å²) in [7, 11) is 0. The molecular weight excluding hydrogens is 416 g/mol. The van der Waals surface area contributed by atoms with Crippen molar-refractivity contribution in [1.82, 2.24) is 14.5 Å². The fourth-order valence-electron chi connectivity index (χ4n) is 5.28. The fraction of sp³-hybridized carbons (Fsp3) is 0.375. The molecule has 3 atom stereocenters. The second kappa shape index (κ2) is 7.39. The normalized spacial score (nSPS) is 20.2. The molecule has 1 amide bonds. The Labute approximate surface area is 182 Å². The number of rotatable bonds is 4. The molecule has 2 aliphatic rings. The highest BCUT2D eigenvalue weighted by Gasteiger charge is 2.46. The Bertz CT molecular complexity index is 1360. The number of halogens is 2. The average Bonchev–Trinajstić information content (AvgIpc) is 3.35. The molecule has 1 N–H and O–H groups in total. The second-order valence-electron chi connectivity index (χ2n) is 9.10. The van der Waals surface area contributed by atoms with Gasteiger partial charge < -0.3 is 9.88 Å². The molecule has 2 aromatic carbocycles. The van der Waals surface area contributed by atoms with E-state index < -0.39 is 34.3 Å². The minimum atomic E-state index is -1.33. The third kappa shape index (κ3) is 3.00. The predicted octanol–water partition coefficient (Wildman–Crippen LogP) is 3.63. The smallest absolute Gasteiger partial charge is 0.329 e. The molecule has 3 aromatic rings. The average molecular weight is 439 g/mol. The molecule has 1 aromatic heterocycles. The molecule has 0 radical (unpaired) electrons. The van der Waals surface area contributed by atoms with Crippen molar-refractivity contribution < 1.29 is 13.6 Å². The monoisotopic (exact) mass is 439 g/mol. The van der Waals surface area contributed by atoms with Crippen LogP contribution in [0.2, 0.25) is 0 Å². The van der Waals surface area contributed by atoms with Crippen molar-refractivity contribution in [2.75, 3.05) is 6.54 Å². The van der Waals surface area contributed by atoms with E-state index in [4.69, 9.17) is 0 Å². The van der Waals surface area contributed by atoms with Crippen molar-refractivity contribution in [2.45, 2.75) is 44.7 Å². The lowest BCUT2D eigenvalue weighted by Gasteiger charge is -2.33. The van der Waals surface area contributed by atoms with Crippen LogP contribution < -0.4 is 11.2 Å². The van der Waals surface area contributed by atoms with Gasteiger partial charge in [-0.2, -0.15) is 0 Å². The van der Waals surface area contributed by atoms with Crippen molar-refractivity contribution in [2.24, 2.45) is 5.92 Å². The molecule has 6 nitrogen and oxygen atoms in total. The van der Waals surface area contributed by atoms with E-state index in [9.17, 15) is 23.2 Å². The number of nitrogens with one attached hydrogen (secondary N) is 1. The molecule has 1 saturated heterocycles. The predicted molar refractivity (Wildman–Crippen MR) is 115 cm³/mol. The number of benzene rings is 2. The minimum absolute atomic E-state index is 0.0182. The van der Waals surface area contributed by atoms with E-state index in [1.807, 2.05) is 32.0 Å². The molecule has 32 heavy (non-hydrogen) atoms. The van der Waals surface area contributed by atoms with Crippen molar-refractivity contribution in [1.29, 1.82) is 0 Å². The molecule has 1 aliphatic heterocycles. The van der Waals surface area contributed by atoms with Crippen molar-refractivity contribution >= 4 is 16.8 Å². The first-order chi connectivity index (χ1) is 15.3. The highest BCUT2D eigenvalue weighted by atomic mass is 19.2. The zero-order valence-electron chi connectivity index (χ0n) is 17.8. The first-order valence-electron chi connectivity index (χ1n) is 10.8. The van der Waals surface area contributed by atoms with Crippen LogP contribution in [0.5, 0.6) is 0 Å². The van der Waals surface area contributed by atoms with Crippen LogP contribution in [0.1, 0.15) is 55.8 Å². The van der Waals surface area contributed by atoms with Gasteiger partial charge in [0.25, 0.3) is 5.56 Å². The Morgan fingerprint density at radius 3 is 2.56 bits per heavy atom. The lowest BCUT2D eigenvalue weighted by molar-refractivity contribution is -0.136. The summed E-state index contributed by atoms with van der Waals surface area (Å²) in [6.45, 7) is 4.27.